The summed E-state index contributed by atoms with van der Waals surface area (Å²) in [5.74, 6) is 1.60. The number of hydrogen-bond acceptors (Lipinski definition) is 2. The van der Waals surface area contributed by atoms with Crippen LogP contribution >= 0.6 is 24.0 Å². The van der Waals surface area contributed by atoms with Crippen LogP contribution in [0.25, 0.3) is 0 Å². The molecule has 1 aliphatic heterocycles. The van der Waals surface area contributed by atoms with Crippen molar-refractivity contribution in [2.24, 2.45) is 10.9 Å². The topological polar surface area (TPSA) is 36.9 Å². The van der Waals surface area contributed by atoms with E-state index in [-0.39, 0.29) is 24.0 Å². The standard InChI is InChI=1S/C17H27N3O.HI/c1-14-4-6-15(7-5-14)8-10-19-17(18-2)20(3)12-16-9-11-21-13-16;/h4-7,16H,8-13H2,1-3H3,(H,18,19);1H. The number of benzene rings is 1. The van der Waals surface area contributed by atoms with Gasteiger partial charge in [0, 0.05) is 39.7 Å². The maximum atomic E-state index is 5.43. The molecule has 2 rings (SSSR count). The molecule has 1 aliphatic rings. The van der Waals surface area contributed by atoms with E-state index < -0.39 is 0 Å². The first-order chi connectivity index (χ1) is 10.2. The van der Waals surface area contributed by atoms with E-state index in [2.05, 4.69) is 53.4 Å². The fourth-order valence-electron chi connectivity index (χ4n) is 2.66. The minimum absolute atomic E-state index is 0. The van der Waals surface area contributed by atoms with Gasteiger partial charge in [-0.2, -0.15) is 0 Å². The predicted molar refractivity (Wildman–Crippen MR) is 103 cm³/mol. The summed E-state index contributed by atoms with van der Waals surface area (Å²) in [4.78, 5) is 6.57. The maximum absolute atomic E-state index is 5.43. The Hall–Kier alpha value is -0.820. The molecule has 1 atom stereocenters. The number of rotatable bonds is 5. The molecule has 1 heterocycles. The Balaban J connectivity index is 0.00000242. The van der Waals surface area contributed by atoms with E-state index in [4.69, 9.17) is 4.74 Å². The Morgan fingerprint density at radius 1 is 1.36 bits per heavy atom. The number of aliphatic imine (C=N–C) groups is 1. The highest BCUT2D eigenvalue weighted by Crippen LogP contribution is 2.13. The molecule has 124 valence electrons. The van der Waals surface area contributed by atoms with Crippen LogP contribution in [0.3, 0.4) is 0 Å². The van der Waals surface area contributed by atoms with Crippen molar-refractivity contribution in [1.82, 2.24) is 10.2 Å². The Morgan fingerprint density at radius 3 is 2.68 bits per heavy atom. The molecule has 0 spiro atoms. The molecule has 0 amide bonds. The fraction of sp³-hybridized carbons (Fsp3) is 0.588. The van der Waals surface area contributed by atoms with Gasteiger partial charge in [-0.25, -0.2) is 0 Å². The second-order valence-electron chi connectivity index (χ2n) is 5.82. The van der Waals surface area contributed by atoms with Gasteiger partial charge in [-0.05, 0) is 25.3 Å². The smallest absolute Gasteiger partial charge is 0.193 e. The molecule has 0 aromatic heterocycles. The highest BCUT2D eigenvalue weighted by molar-refractivity contribution is 14.0. The van der Waals surface area contributed by atoms with Crippen LogP contribution < -0.4 is 5.32 Å². The summed E-state index contributed by atoms with van der Waals surface area (Å²) in [7, 11) is 3.94. The summed E-state index contributed by atoms with van der Waals surface area (Å²) in [5, 5.41) is 3.44. The van der Waals surface area contributed by atoms with Crippen molar-refractivity contribution in [2.75, 3.05) is 40.4 Å². The molecule has 5 heteroatoms. The lowest BCUT2D eigenvalue weighted by atomic mass is 10.1. The Kier molecular flexibility index (Phi) is 8.78. The molecule has 0 aliphatic carbocycles. The van der Waals surface area contributed by atoms with Crippen LogP contribution in [0, 0.1) is 12.8 Å². The van der Waals surface area contributed by atoms with E-state index in [0.717, 1.165) is 45.1 Å². The van der Waals surface area contributed by atoms with Gasteiger partial charge in [0.2, 0.25) is 0 Å². The molecule has 1 unspecified atom stereocenters. The Morgan fingerprint density at radius 2 is 2.09 bits per heavy atom. The van der Waals surface area contributed by atoms with Gasteiger partial charge in [-0.1, -0.05) is 29.8 Å². The van der Waals surface area contributed by atoms with E-state index in [0.29, 0.717) is 5.92 Å². The third kappa shape index (κ3) is 6.12. The zero-order valence-corrected chi connectivity index (χ0v) is 16.2. The van der Waals surface area contributed by atoms with Crippen molar-refractivity contribution in [1.29, 1.82) is 0 Å². The lowest BCUT2D eigenvalue weighted by molar-refractivity contribution is 0.181. The first-order valence-corrected chi connectivity index (χ1v) is 7.74. The summed E-state index contributed by atoms with van der Waals surface area (Å²) in [6, 6.07) is 8.71. The van der Waals surface area contributed by atoms with Gasteiger partial charge in [0.25, 0.3) is 0 Å². The van der Waals surface area contributed by atoms with Gasteiger partial charge >= 0.3 is 0 Å². The molecule has 4 nitrogen and oxygen atoms in total. The van der Waals surface area contributed by atoms with Crippen molar-refractivity contribution in [3.63, 3.8) is 0 Å². The largest absolute Gasteiger partial charge is 0.381 e. The number of aryl methyl sites for hydroxylation is 1. The number of nitrogens with one attached hydrogen (secondary N) is 1. The average Bonchev–Trinajstić information content (AvgIpc) is 2.98. The molecule has 0 bridgehead atoms. The maximum Gasteiger partial charge on any atom is 0.193 e. The van der Waals surface area contributed by atoms with E-state index in [1.807, 2.05) is 7.05 Å². The van der Waals surface area contributed by atoms with Crippen molar-refractivity contribution in [3.8, 4) is 0 Å². The molecule has 1 aromatic carbocycles. The second-order valence-corrected chi connectivity index (χ2v) is 5.82. The van der Waals surface area contributed by atoms with Crippen LogP contribution in [-0.2, 0) is 11.2 Å². The van der Waals surface area contributed by atoms with Crippen LogP contribution in [0.5, 0.6) is 0 Å². The van der Waals surface area contributed by atoms with Crippen LogP contribution in [0.4, 0.5) is 0 Å². The van der Waals surface area contributed by atoms with Crippen molar-refractivity contribution < 1.29 is 4.74 Å². The number of halogens is 1. The van der Waals surface area contributed by atoms with Crippen molar-refractivity contribution in [2.45, 2.75) is 19.8 Å². The van der Waals surface area contributed by atoms with Crippen LogP contribution in [0.2, 0.25) is 0 Å². The molecular formula is C17H28IN3O. The number of hydrogen-bond donors (Lipinski definition) is 1. The molecule has 1 fully saturated rings. The van der Waals surface area contributed by atoms with Crippen molar-refractivity contribution >= 4 is 29.9 Å². The fourth-order valence-corrected chi connectivity index (χ4v) is 2.66. The van der Waals surface area contributed by atoms with Crippen LogP contribution in [0.1, 0.15) is 17.5 Å². The lowest BCUT2D eigenvalue weighted by Crippen LogP contribution is -2.42. The second kappa shape index (κ2) is 10.0. The molecule has 0 saturated carbocycles. The Bertz CT molecular complexity index is 455. The van der Waals surface area contributed by atoms with Crippen LogP contribution in [-0.4, -0.2) is 51.3 Å². The average molecular weight is 417 g/mol. The van der Waals surface area contributed by atoms with Crippen molar-refractivity contribution in [3.05, 3.63) is 35.4 Å². The third-order valence-corrected chi connectivity index (χ3v) is 3.95. The lowest BCUT2D eigenvalue weighted by Gasteiger charge is -2.24. The summed E-state index contributed by atoms with van der Waals surface area (Å²) in [6.07, 6.45) is 2.17. The first-order valence-electron chi connectivity index (χ1n) is 7.74. The van der Waals surface area contributed by atoms with E-state index in [1.165, 1.54) is 11.1 Å². The molecule has 1 aromatic rings. The van der Waals surface area contributed by atoms with Gasteiger partial charge in [0.15, 0.2) is 5.96 Å². The monoisotopic (exact) mass is 417 g/mol. The van der Waals surface area contributed by atoms with E-state index in [9.17, 15) is 0 Å². The summed E-state index contributed by atoms with van der Waals surface area (Å²) < 4.78 is 5.43. The quantitative estimate of drug-likeness (QED) is 0.455. The highest BCUT2D eigenvalue weighted by atomic mass is 127. The summed E-state index contributed by atoms with van der Waals surface area (Å²) >= 11 is 0. The zero-order valence-electron chi connectivity index (χ0n) is 13.8. The number of guanidine groups is 1. The summed E-state index contributed by atoms with van der Waals surface area (Å²) in [6.45, 7) is 5.81. The molecular weight excluding hydrogens is 389 g/mol. The molecule has 1 saturated heterocycles. The Labute approximate surface area is 151 Å². The minimum atomic E-state index is 0. The van der Waals surface area contributed by atoms with E-state index >= 15 is 0 Å². The number of nitrogens with zero attached hydrogens (tertiary/aromatic N) is 2. The summed E-state index contributed by atoms with van der Waals surface area (Å²) in [5.41, 5.74) is 2.66. The zero-order chi connectivity index (χ0) is 15.1. The van der Waals surface area contributed by atoms with Gasteiger partial charge in [-0.3, -0.25) is 4.99 Å². The van der Waals surface area contributed by atoms with Crippen LogP contribution in [0.15, 0.2) is 29.3 Å². The predicted octanol–water partition coefficient (Wildman–Crippen LogP) is 2.70. The van der Waals surface area contributed by atoms with Gasteiger partial charge in [-0.15, -0.1) is 24.0 Å². The van der Waals surface area contributed by atoms with E-state index in [1.54, 1.807) is 0 Å². The molecule has 1 N–H and O–H groups in total. The first kappa shape index (κ1) is 19.2. The van der Waals surface area contributed by atoms with Gasteiger partial charge in [0.1, 0.15) is 0 Å². The normalized spacial score (nSPS) is 18.0. The molecule has 0 radical (unpaired) electrons. The van der Waals surface area contributed by atoms with Gasteiger partial charge in [0.05, 0.1) is 6.61 Å². The SMILES string of the molecule is CN=C(NCCc1ccc(C)cc1)N(C)CC1CCOC1.I. The van der Waals surface area contributed by atoms with Gasteiger partial charge < -0.3 is 15.0 Å². The highest BCUT2D eigenvalue weighted by Gasteiger charge is 2.18. The number of ether oxygens (including phenoxy) is 1. The minimum Gasteiger partial charge on any atom is -0.381 e. The third-order valence-electron chi connectivity index (χ3n) is 3.95. The molecule has 22 heavy (non-hydrogen) atoms.